The number of nitrogens with one attached hydrogen (secondary N) is 1. The zero-order valence-electron chi connectivity index (χ0n) is 18.0. The fourth-order valence-corrected chi connectivity index (χ4v) is 4.22. The van der Waals surface area contributed by atoms with Crippen molar-refractivity contribution in [3.05, 3.63) is 35.6 Å². The summed E-state index contributed by atoms with van der Waals surface area (Å²) in [5, 5.41) is 3.10. The molecule has 0 aliphatic carbocycles. The molecule has 2 heterocycles. The number of hydrogen-bond acceptors (Lipinski definition) is 5. The minimum absolute atomic E-state index is 0.160. The molecule has 1 N–H and O–H groups in total. The molecule has 2 aliphatic heterocycles. The predicted molar refractivity (Wildman–Crippen MR) is 110 cm³/mol. The van der Waals surface area contributed by atoms with Crippen molar-refractivity contribution < 1.29 is 18.7 Å². The van der Waals surface area contributed by atoms with Gasteiger partial charge in [-0.05, 0) is 33.8 Å². The second kappa shape index (κ2) is 9.51. The zero-order chi connectivity index (χ0) is 21.0. The van der Waals surface area contributed by atoms with E-state index in [1.54, 1.807) is 18.2 Å². The van der Waals surface area contributed by atoms with Gasteiger partial charge >= 0.3 is 0 Å². The predicted octanol–water partition coefficient (Wildman–Crippen LogP) is 2.20. The molecule has 3 rings (SSSR count). The normalized spacial score (nSPS) is 25.6. The number of halogens is 1. The molecular formula is C22H34FN3O3. The maximum Gasteiger partial charge on any atom is 0.242 e. The largest absolute Gasteiger partial charge is 0.379 e. The van der Waals surface area contributed by atoms with Crippen LogP contribution in [0, 0.1) is 5.82 Å². The summed E-state index contributed by atoms with van der Waals surface area (Å²) < 4.78 is 25.8. The van der Waals surface area contributed by atoms with Crippen LogP contribution in [0.2, 0.25) is 0 Å². The van der Waals surface area contributed by atoms with Crippen molar-refractivity contribution >= 4 is 5.91 Å². The Morgan fingerprint density at radius 2 is 1.83 bits per heavy atom. The number of carbonyl (C=O) groups is 1. The first-order chi connectivity index (χ1) is 13.8. The van der Waals surface area contributed by atoms with Crippen molar-refractivity contribution in [2.24, 2.45) is 0 Å². The van der Waals surface area contributed by atoms with E-state index in [9.17, 15) is 9.18 Å². The van der Waals surface area contributed by atoms with Gasteiger partial charge in [0.15, 0.2) is 0 Å². The van der Waals surface area contributed by atoms with Gasteiger partial charge in [0.2, 0.25) is 5.91 Å². The number of carbonyl (C=O) groups excluding carboxylic acids is 1. The third-order valence-electron chi connectivity index (χ3n) is 5.83. The number of amides is 1. The molecule has 29 heavy (non-hydrogen) atoms. The summed E-state index contributed by atoms with van der Waals surface area (Å²) >= 11 is 0. The van der Waals surface area contributed by atoms with E-state index < -0.39 is 6.04 Å². The standard InChI is InChI=1S/C22H34FN3O3/c1-16-13-26(14-17(2)29-16)22(3,4)15-24-21(27)20(25-9-11-28-12-10-25)18-7-5-6-8-19(18)23/h5-8,16-17,20H,9-15H2,1-4H3,(H,24,27)/t16-,17+,20-/m0/s1. The summed E-state index contributed by atoms with van der Waals surface area (Å²) in [5.74, 6) is -0.520. The SMILES string of the molecule is C[C@@H]1CN(C(C)(C)CNC(=O)[C@H](c2ccccc2F)N2CCOCC2)C[C@H](C)O1. The molecule has 162 valence electrons. The quantitative estimate of drug-likeness (QED) is 0.784. The number of hydrogen-bond donors (Lipinski definition) is 1. The fourth-order valence-electron chi connectivity index (χ4n) is 4.22. The Morgan fingerprint density at radius 1 is 1.21 bits per heavy atom. The Morgan fingerprint density at radius 3 is 2.45 bits per heavy atom. The molecule has 2 fully saturated rings. The minimum atomic E-state index is -0.654. The lowest BCUT2D eigenvalue weighted by atomic mass is 9.98. The molecule has 0 aromatic heterocycles. The minimum Gasteiger partial charge on any atom is -0.379 e. The average molecular weight is 408 g/mol. The van der Waals surface area contributed by atoms with Gasteiger partial charge in [0, 0.05) is 43.8 Å². The van der Waals surface area contributed by atoms with E-state index in [0.29, 0.717) is 38.4 Å². The first kappa shape index (κ1) is 22.2. The van der Waals surface area contributed by atoms with Gasteiger partial charge in [-0.1, -0.05) is 18.2 Å². The maximum absolute atomic E-state index is 14.5. The van der Waals surface area contributed by atoms with Crippen molar-refractivity contribution in [1.82, 2.24) is 15.1 Å². The number of morpholine rings is 2. The van der Waals surface area contributed by atoms with Gasteiger partial charge in [0.25, 0.3) is 0 Å². The number of rotatable bonds is 6. The lowest BCUT2D eigenvalue weighted by molar-refractivity contribution is -0.130. The van der Waals surface area contributed by atoms with Gasteiger partial charge in [-0.3, -0.25) is 14.6 Å². The lowest BCUT2D eigenvalue weighted by Gasteiger charge is -2.45. The fraction of sp³-hybridized carbons (Fsp3) is 0.682. The highest BCUT2D eigenvalue weighted by Crippen LogP contribution is 2.26. The van der Waals surface area contributed by atoms with Crippen LogP contribution in [0.5, 0.6) is 0 Å². The van der Waals surface area contributed by atoms with Gasteiger partial charge in [-0.15, -0.1) is 0 Å². The van der Waals surface area contributed by atoms with E-state index in [1.165, 1.54) is 6.07 Å². The molecule has 0 radical (unpaired) electrons. The molecule has 0 saturated carbocycles. The number of nitrogens with zero attached hydrogens (tertiary/aromatic N) is 2. The Labute approximate surface area is 173 Å². The summed E-state index contributed by atoms with van der Waals surface area (Å²) in [6.45, 7) is 12.9. The second-order valence-electron chi connectivity index (χ2n) is 8.76. The second-order valence-corrected chi connectivity index (χ2v) is 8.76. The van der Waals surface area contributed by atoms with Crippen LogP contribution >= 0.6 is 0 Å². The van der Waals surface area contributed by atoms with E-state index in [4.69, 9.17) is 9.47 Å². The number of benzene rings is 1. The molecule has 1 amide bonds. The van der Waals surface area contributed by atoms with E-state index >= 15 is 0 Å². The Kier molecular flexibility index (Phi) is 7.27. The first-order valence-corrected chi connectivity index (χ1v) is 10.5. The first-order valence-electron chi connectivity index (χ1n) is 10.5. The highest BCUT2D eigenvalue weighted by atomic mass is 19.1. The molecule has 2 aliphatic rings. The van der Waals surface area contributed by atoms with Crippen molar-refractivity contribution in [3.63, 3.8) is 0 Å². The highest BCUT2D eigenvalue weighted by molar-refractivity contribution is 5.83. The van der Waals surface area contributed by atoms with Crippen LogP contribution in [0.25, 0.3) is 0 Å². The zero-order valence-corrected chi connectivity index (χ0v) is 18.0. The van der Waals surface area contributed by atoms with Gasteiger partial charge in [-0.25, -0.2) is 4.39 Å². The topological polar surface area (TPSA) is 54.0 Å². The molecule has 0 bridgehead atoms. The highest BCUT2D eigenvalue weighted by Gasteiger charge is 2.36. The van der Waals surface area contributed by atoms with Crippen molar-refractivity contribution in [3.8, 4) is 0 Å². The van der Waals surface area contributed by atoms with Crippen molar-refractivity contribution in [1.29, 1.82) is 0 Å². The summed E-state index contributed by atoms with van der Waals surface area (Å²) in [4.78, 5) is 17.6. The number of ether oxygens (including phenoxy) is 2. The van der Waals surface area contributed by atoms with E-state index in [0.717, 1.165) is 13.1 Å². The molecule has 7 heteroatoms. The van der Waals surface area contributed by atoms with Crippen molar-refractivity contribution in [2.45, 2.75) is 51.5 Å². The smallest absolute Gasteiger partial charge is 0.242 e. The van der Waals surface area contributed by atoms with E-state index in [2.05, 4.69) is 37.9 Å². The summed E-state index contributed by atoms with van der Waals surface area (Å²) in [6.07, 6.45) is 0.321. The molecule has 0 unspecified atom stereocenters. The summed E-state index contributed by atoms with van der Waals surface area (Å²) in [5.41, 5.74) is 0.186. The van der Waals surface area contributed by atoms with Crippen LogP contribution in [-0.4, -0.2) is 79.4 Å². The summed E-state index contributed by atoms with van der Waals surface area (Å²) in [6, 6.07) is 5.89. The molecule has 6 nitrogen and oxygen atoms in total. The monoisotopic (exact) mass is 407 g/mol. The maximum atomic E-state index is 14.5. The van der Waals surface area contributed by atoms with Gasteiger partial charge in [0.05, 0.1) is 25.4 Å². The van der Waals surface area contributed by atoms with Crippen LogP contribution in [-0.2, 0) is 14.3 Å². The van der Waals surface area contributed by atoms with Crippen LogP contribution in [0.1, 0.15) is 39.3 Å². The molecule has 1 aromatic rings. The Balaban J connectivity index is 1.72. The third-order valence-corrected chi connectivity index (χ3v) is 5.83. The van der Waals surface area contributed by atoms with Gasteiger partial charge in [-0.2, -0.15) is 0 Å². The van der Waals surface area contributed by atoms with Crippen molar-refractivity contribution in [2.75, 3.05) is 45.9 Å². The van der Waals surface area contributed by atoms with Crippen LogP contribution in [0.15, 0.2) is 24.3 Å². The molecule has 0 spiro atoms. The third kappa shape index (κ3) is 5.54. The van der Waals surface area contributed by atoms with E-state index in [-0.39, 0.29) is 29.5 Å². The average Bonchev–Trinajstić information content (AvgIpc) is 2.68. The van der Waals surface area contributed by atoms with Gasteiger partial charge in [0.1, 0.15) is 11.9 Å². The van der Waals surface area contributed by atoms with Crippen LogP contribution < -0.4 is 5.32 Å². The van der Waals surface area contributed by atoms with Crippen LogP contribution in [0.3, 0.4) is 0 Å². The molecule has 3 atom stereocenters. The van der Waals surface area contributed by atoms with Crippen LogP contribution in [0.4, 0.5) is 4.39 Å². The molecule has 1 aromatic carbocycles. The molecular weight excluding hydrogens is 373 g/mol. The van der Waals surface area contributed by atoms with E-state index in [1.807, 2.05) is 4.90 Å². The Bertz CT molecular complexity index is 684. The molecule has 2 saturated heterocycles. The Hall–Kier alpha value is -1.54. The summed E-state index contributed by atoms with van der Waals surface area (Å²) in [7, 11) is 0. The lowest BCUT2D eigenvalue weighted by Crippen LogP contribution is -2.59. The van der Waals surface area contributed by atoms with Gasteiger partial charge < -0.3 is 14.8 Å².